The highest BCUT2D eigenvalue weighted by Crippen LogP contribution is 2.14. The molecule has 0 aliphatic carbocycles. The highest BCUT2D eigenvalue weighted by atomic mass is 16.5. The third kappa shape index (κ3) is 21.3. The lowest BCUT2D eigenvalue weighted by atomic mass is 10.0. The number of carboxylic acids is 2. The SMILES string of the molecule is CCCCCCCCCCCCCCN(CC(C)OC(=O)CCC(=O)O)CC(C)C(=O)CCC(=O)O. The summed E-state index contributed by atoms with van der Waals surface area (Å²) in [6.07, 6.45) is 14.1. The molecule has 0 aromatic rings. The molecule has 0 saturated heterocycles. The van der Waals surface area contributed by atoms with E-state index in [1.165, 1.54) is 64.2 Å². The van der Waals surface area contributed by atoms with Crippen LogP contribution in [-0.4, -0.2) is 64.5 Å². The van der Waals surface area contributed by atoms with Gasteiger partial charge in [0, 0.05) is 25.4 Å². The average Bonchev–Trinajstić information content (AvgIpc) is 2.81. The van der Waals surface area contributed by atoms with Gasteiger partial charge in [-0.2, -0.15) is 0 Å². The Morgan fingerprint density at radius 1 is 0.667 bits per heavy atom. The molecule has 0 aromatic heterocycles. The van der Waals surface area contributed by atoms with E-state index in [9.17, 15) is 19.2 Å². The molecule has 0 rings (SSSR count). The minimum absolute atomic E-state index is 0.0165. The molecular weight excluding hydrogens is 462 g/mol. The van der Waals surface area contributed by atoms with Crippen LogP contribution in [0.3, 0.4) is 0 Å². The first-order valence-corrected chi connectivity index (χ1v) is 14.0. The molecular formula is C28H51NO7. The van der Waals surface area contributed by atoms with E-state index in [2.05, 4.69) is 11.8 Å². The van der Waals surface area contributed by atoms with Crippen LogP contribution in [-0.2, 0) is 23.9 Å². The summed E-state index contributed by atoms with van der Waals surface area (Å²) in [7, 11) is 0. The van der Waals surface area contributed by atoms with Crippen molar-refractivity contribution >= 4 is 23.7 Å². The molecule has 0 saturated carbocycles. The van der Waals surface area contributed by atoms with Gasteiger partial charge in [-0.3, -0.25) is 24.1 Å². The Balaban J connectivity index is 4.42. The number of Topliss-reactive ketones (excluding diaryl/α,β-unsaturated/α-hetero) is 1. The van der Waals surface area contributed by atoms with E-state index in [-0.39, 0.29) is 37.4 Å². The van der Waals surface area contributed by atoms with Gasteiger partial charge in [0.05, 0.1) is 19.3 Å². The fraction of sp³-hybridized carbons (Fsp3) is 0.857. The Kier molecular flexibility index (Phi) is 21.0. The van der Waals surface area contributed by atoms with Crippen molar-refractivity contribution in [3.63, 3.8) is 0 Å². The van der Waals surface area contributed by atoms with Gasteiger partial charge in [-0.1, -0.05) is 84.5 Å². The van der Waals surface area contributed by atoms with Crippen LogP contribution in [0, 0.1) is 5.92 Å². The lowest BCUT2D eigenvalue weighted by molar-refractivity contribution is -0.152. The Bertz CT molecular complexity index is 623. The molecule has 0 aromatic carbocycles. The Morgan fingerprint density at radius 2 is 1.14 bits per heavy atom. The van der Waals surface area contributed by atoms with E-state index < -0.39 is 24.0 Å². The van der Waals surface area contributed by atoms with E-state index in [0.29, 0.717) is 13.1 Å². The lowest BCUT2D eigenvalue weighted by Gasteiger charge is -2.28. The van der Waals surface area contributed by atoms with Gasteiger partial charge in [0.25, 0.3) is 0 Å². The lowest BCUT2D eigenvalue weighted by Crippen LogP contribution is -2.38. The van der Waals surface area contributed by atoms with Crippen molar-refractivity contribution < 1.29 is 34.1 Å². The fourth-order valence-electron chi connectivity index (χ4n) is 4.29. The Hall–Kier alpha value is -1.96. The molecule has 210 valence electrons. The maximum absolute atomic E-state index is 12.3. The quantitative estimate of drug-likeness (QED) is 0.115. The second-order valence-corrected chi connectivity index (χ2v) is 10.1. The first-order valence-electron chi connectivity index (χ1n) is 14.0. The first-order chi connectivity index (χ1) is 17.1. The number of unbranched alkanes of at least 4 members (excludes halogenated alkanes) is 11. The van der Waals surface area contributed by atoms with Gasteiger partial charge in [0.15, 0.2) is 0 Å². The fourth-order valence-corrected chi connectivity index (χ4v) is 4.29. The number of nitrogens with zero attached hydrogens (tertiary/aromatic N) is 1. The zero-order valence-corrected chi connectivity index (χ0v) is 23.0. The van der Waals surface area contributed by atoms with Gasteiger partial charge in [0.2, 0.25) is 0 Å². The summed E-state index contributed by atoms with van der Waals surface area (Å²) in [5.41, 5.74) is 0. The summed E-state index contributed by atoms with van der Waals surface area (Å²) in [5.74, 6) is -2.95. The predicted molar refractivity (Wildman–Crippen MR) is 141 cm³/mol. The van der Waals surface area contributed by atoms with Crippen LogP contribution in [0.25, 0.3) is 0 Å². The monoisotopic (exact) mass is 513 g/mol. The van der Waals surface area contributed by atoms with Crippen LogP contribution >= 0.6 is 0 Å². The van der Waals surface area contributed by atoms with Crippen molar-refractivity contribution in [2.24, 2.45) is 5.92 Å². The van der Waals surface area contributed by atoms with E-state index >= 15 is 0 Å². The number of hydrogen-bond acceptors (Lipinski definition) is 6. The molecule has 2 atom stereocenters. The normalized spacial score (nSPS) is 12.9. The molecule has 8 heteroatoms. The van der Waals surface area contributed by atoms with Crippen LogP contribution in [0.15, 0.2) is 0 Å². The number of esters is 1. The van der Waals surface area contributed by atoms with Gasteiger partial charge in [-0.05, 0) is 19.9 Å². The smallest absolute Gasteiger partial charge is 0.306 e. The van der Waals surface area contributed by atoms with E-state index in [1.54, 1.807) is 6.92 Å². The minimum atomic E-state index is -1.04. The molecule has 0 aliphatic heterocycles. The van der Waals surface area contributed by atoms with Crippen molar-refractivity contribution in [1.29, 1.82) is 0 Å². The van der Waals surface area contributed by atoms with Crippen molar-refractivity contribution in [3.05, 3.63) is 0 Å². The van der Waals surface area contributed by atoms with Gasteiger partial charge >= 0.3 is 17.9 Å². The second-order valence-electron chi connectivity index (χ2n) is 10.1. The van der Waals surface area contributed by atoms with Gasteiger partial charge in [-0.15, -0.1) is 0 Å². The van der Waals surface area contributed by atoms with E-state index in [4.69, 9.17) is 14.9 Å². The molecule has 0 radical (unpaired) electrons. The molecule has 36 heavy (non-hydrogen) atoms. The standard InChI is InChI=1S/C28H51NO7/c1-4-5-6-7-8-9-10-11-12-13-14-15-20-29(21-23(2)25(30)16-17-26(31)32)22-24(3)36-28(35)19-18-27(33)34/h23-24H,4-22H2,1-3H3,(H,31,32)(H,33,34). The van der Waals surface area contributed by atoms with Crippen molar-refractivity contribution in [2.45, 2.75) is 130 Å². The van der Waals surface area contributed by atoms with Crippen LogP contribution in [0.1, 0.15) is 124 Å². The zero-order chi connectivity index (χ0) is 27.2. The molecule has 0 bridgehead atoms. The van der Waals surface area contributed by atoms with Crippen LogP contribution in [0.4, 0.5) is 0 Å². The summed E-state index contributed by atoms with van der Waals surface area (Å²) in [5, 5.41) is 17.6. The van der Waals surface area contributed by atoms with E-state index in [0.717, 1.165) is 19.4 Å². The Labute approximate surface area is 218 Å². The average molecular weight is 514 g/mol. The molecule has 0 fully saturated rings. The minimum Gasteiger partial charge on any atom is -0.481 e. The summed E-state index contributed by atoms with van der Waals surface area (Å²) in [6.45, 7) is 7.52. The number of carbonyl (C=O) groups is 4. The van der Waals surface area contributed by atoms with Crippen LogP contribution in [0.5, 0.6) is 0 Å². The largest absolute Gasteiger partial charge is 0.481 e. The van der Waals surface area contributed by atoms with Crippen molar-refractivity contribution in [2.75, 3.05) is 19.6 Å². The van der Waals surface area contributed by atoms with Crippen molar-refractivity contribution in [1.82, 2.24) is 4.90 Å². The number of ether oxygens (including phenoxy) is 1. The number of ketones is 1. The predicted octanol–water partition coefficient (Wildman–Crippen LogP) is 5.86. The summed E-state index contributed by atoms with van der Waals surface area (Å²) < 4.78 is 5.36. The molecule has 0 spiro atoms. The van der Waals surface area contributed by atoms with Crippen LogP contribution in [0.2, 0.25) is 0 Å². The van der Waals surface area contributed by atoms with Crippen LogP contribution < -0.4 is 0 Å². The zero-order valence-electron chi connectivity index (χ0n) is 23.0. The number of carbonyl (C=O) groups excluding carboxylic acids is 2. The molecule has 0 amide bonds. The van der Waals surface area contributed by atoms with Gasteiger partial charge < -0.3 is 14.9 Å². The molecule has 2 N–H and O–H groups in total. The third-order valence-electron chi connectivity index (χ3n) is 6.39. The maximum Gasteiger partial charge on any atom is 0.306 e. The maximum atomic E-state index is 12.3. The number of carboxylic acid groups (broad SMARTS) is 2. The Morgan fingerprint density at radius 3 is 1.64 bits per heavy atom. The number of aliphatic carboxylic acids is 2. The van der Waals surface area contributed by atoms with Gasteiger partial charge in [0.1, 0.15) is 11.9 Å². The van der Waals surface area contributed by atoms with E-state index in [1.807, 2.05) is 6.92 Å². The summed E-state index contributed by atoms with van der Waals surface area (Å²) in [6, 6.07) is 0. The summed E-state index contributed by atoms with van der Waals surface area (Å²) >= 11 is 0. The molecule has 8 nitrogen and oxygen atoms in total. The first kappa shape index (κ1) is 34.0. The topological polar surface area (TPSA) is 121 Å². The molecule has 2 unspecified atom stereocenters. The highest BCUT2D eigenvalue weighted by Gasteiger charge is 2.21. The second kappa shape index (κ2) is 22.3. The van der Waals surface area contributed by atoms with Crippen molar-refractivity contribution in [3.8, 4) is 0 Å². The third-order valence-corrected chi connectivity index (χ3v) is 6.39. The highest BCUT2D eigenvalue weighted by molar-refractivity contribution is 5.84. The molecule has 0 aliphatic rings. The molecule has 0 heterocycles. The number of hydrogen-bond donors (Lipinski definition) is 2. The van der Waals surface area contributed by atoms with Gasteiger partial charge in [-0.25, -0.2) is 0 Å². The summed E-state index contributed by atoms with van der Waals surface area (Å²) in [4.78, 5) is 47.8. The number of rotatable bonds is 25.